The van der Waals surface area contributed by atoms with Crippen molar-refractivity contribution in [3.05, 3.63) is 46.1 Å². The van der Waals surface area contributed by atoms with Gasteiger partial charge in [0.2, 0.25) is 0 Å². The quantitative estimate of drug-likeness (QED) is 0.858. The van der Waals surface area contributed by atoms with E-state index in [0.29, 0.717) is 21.9 Å². The zero-order chi connectivity index (χ0) is 12.4. The second-order valence-corrected chi connectivity index (χ2v) is 4.52. The van der Waals surface area contributed by atoms with E-state index in [1.54, 1.807) is 19.1 Å². The molecule has 1 aromatic carbocycles. The molecule has 1 heterocycles. The lowest BCUT2D eigenvalue weighted by atomic mass is 10.2. The second-order valence-electron chi connectivity index (χ2n) is 3.71. The van der Waals surface area contributed by atoms with Crippen LogP contribution in [0.3, 0.4) is 0 Å². The van der Waals surface area contributed by atoms with Crippen LogP contribution in [0, 0.1) is 19.7 Å². The highest BCUT2D eigenvalue weighted by molar-refractivity contribution is 9.10. The fourth-order valence-corrected chi connectivity index (χ4v) is 1.94. The van der Waals surface area contributed by atoms with Crippen LogP contribution in [0.25, 0.3) is 0 Å². The number of aromatic nitrogens is 2. The number of hydrogen-bond donors (Lipinski definition) is 1. The van der Waals surface area contributed by atoms with Crippen molar-refractivity contribution < 1.29 is 4.39 Å². The van der Waals surface area contributed by atoms with Crippen LogP contribution in [0.2, 0.25) is 0 Å². The average molecular weight is 296 g/mol. The molecule has 5 heteroatoms. The van der Waals surface area contributed by atoms with Gasteiger partial charge in [-0.2, -0.15) is 0 Å². The van der Waals surface area contributed by atoms with Gasteiger partial charge in [-0.05, 0) is 47.5 Å². The molecule has 0 spiro atoms. The topological polar surface area (TPSA) is 37.8 Å². The molecule has 88 valence electrons. The molecule has 2 aromatic rings. The Bertz CT molecular complexity index is 537. The Kier molecular flexibility index (Phi) is 3.38. The third-order valence-electron chi connectivity index (χ3n) is 2.27. The van der Waals surface area contributed by atoms with Gasteiger partial charge >= 0.3 is 0 Å². The van der Waals surface area contributed by atoms with Gasteiger partial charge in [0.1, 0.15) is 22.1 Å². The van der Waals surface area contributed by atoms with E-state index >= 15 is 0 Å². The number of rotatable bonds is 2. The molecule has 0 aliphatic rings. The van der Waals surface area contributed by atoms with E-state index in [0.717, 1.165) is 5.56 Å². The Labute approximate surface area is 107 Å². The van der Waals surface area contributed by atoms with Crippen LogP contribution in [-0.2, 0) is 0 Å². The SMILES string of the molecule is Cc1nc(Br)cc(Nc2cc(F)ccc2C)n1. The van der Waals surface area contributed by atoms with Crippen LogP contribution in [-0.4, -0.2) is 9.97 Å². The Balaban J connectivity index is 2.34. The second kappa shape index (κ2) is 4.79. The van der Waals surface area contributed by atoms with Gasteiger partial charge in [-0.15, -0.1) is 0 Å². The van der Waals surface area contributed by atoms with Crippen molar-refractivity contribution in [2.75, 3.05) is 5.32 Å². The molecule has 0 radical (unpaired) electrons. The molecule has 0 atom stereocenters. The molecule has 3 nitrogen and oxygen atoms in total. The first kappa shape index (κ1) is 12.0. The zero-order valence-electron chi connectivity index (χ0n) is 9.46. The summed E-state index contributed by atoms with van der Waals surface area (Å²) in [6.07, 6.45) is 0. The largest absolute Gasteiger partial charge is 0.340 e. The monoisotopic (exact) mass is 295 g/mol. The van der Waals surface area contributed by atoms with Gasteiger partial charge in [-0.3, -0.25) is 0 Å². The van der Waals surface area contributed by atoms with Crippen molar-refractivity contribution in [2.24, 2.45) is 0 Å². The van der Waals surface area contributed by atoms with E-state index in [9.17, 15) is 4.39 Å². The molecule has 0 fully saturated rings. The van der Waals surface area contributed by atoms with Gasteiger partial charge in [0.15, 0.2) is 0 Å². The minimum Gasteiger partial charge on any atom is -0.340 e. The highest BCUT2D eigenvalue weighted by Gasteiger charge is 2.04. The lowest BCUT2D eigenvalue weighted by Gasteiger charge is -2.09. The predicted molar refractivity (Wildman–Crippen MR) is 68.9 cm³/mol. The summed E-state index contributed by atoms with van der Waals surface area (Å²) in [5.41, 5.74) is 1.66. The summed E-state index contributed by atoms with van der Waals surface area (Å²) in [5, 5.41) is 3.07. The maximum Gasteiger partial charge on any atom is 0.135 e. The Morgan fingerprint density at radius 1 is 1.18 bits per heavy atom. The molecule has 17 heavy (non-hydrogen) atoms. The molecule has 0 bridgehead atoms. The number of benzene rings is 1. The van der Waals surface area contributed by atoms with Crippen molar-refractivity contribution in [3.8, 4) is 0 Å². The number of nitrogens with one attached hydrogen (secondary N) is 1. The van der Waals surface area contributed by atoms with Crippen LogP contribution in [0.15, 0.2) is 28.9 Å². The Morgan fingerprint density at radius 3 is 2.65 bits per heavy atom. The number of anilines is 2. The first-order valence-electron chi connectivity index (χ1n) is 5.09. The Hall–Kier alpha value is -1.49. The van der Waals surface area contributed by atoms with Gasteiger partial charge in [0.05, 0.1) is 0 Å². The normalized spacial score (nSPS) is 10.4. The summed E-state index contributed by atoms with van der Waals surface area (Å²) in [5.74, 6) is 1.01. The van der Waals surface area contributed by atoms with Gasteiger partial charge in [-0.1, -0.05) is 6.07 Å². The standard InChI is InChI=1S/C12H11BrFN3/c1-7-3-4-9(14)5-10(7)17-12-6-11(13)15-8(2)16-12/h3-6H,1-2H3,(H,15,16,17). The number of halogens is 2. The lowest BCUT2D eigenvalue weighted by molar-refractivity contribution is 0.628. The van der Waals surface area contributed by atoms with E-state index in [1.165, 1.54) is 12.1 Å². The summed E-state index contributed by atoms with van der Waals surface area (Å²) < 4.78 is 13.8. The van der Waals surface area contributed by atoms with Crippen molar-refractivity contribution in [1.29, 1.82) is 0 Å². The molecule has 0 saturated carbocycles. The van der Waals surface area contributed by atoms with Crippen LogP contribution in [0.1, 0.15) is 11.4 Å². The maximum absolute atomic E-state index is 13.1. The average Bonchev–Trinajstić information content (AvgIpc) is 2.22. The van der Waals surface area contributed by atoms with E-state index in [2.05, 4.69) is 31.2 Å². The number of nitrogens with zero attached hydrogens (tertiary/aromatic N) is 2. The fraction of sp³-hybridized carbons (Fsp3) is 0.167. The maximum atomic E-state index is 13.1. The first-order chi connectivity index (χ1) is 8.04. The van der Waals surface area contributed by atoms with E-state index in [4.69, 9.17) is 0 Å². The third-order valence-corrected chi connectivity index (χ3v) is 2.68. The van der Waals surface area contributed by atoms with Crippen molar-refractivity contribution >= 4 is 27.4 Å². The summed E-state index contributed by atoms with van der Waals surface area (Å²) in [7, 11) is 0. The van der Waals surface area contributed by atoms with Gasteiger partial charge in [0.25, 0.3) is 0 Å². The predicted octanol–water partition coefficient (Wildman–Crippen LogP) is 3.74. The minimum atomic E-state index is -0.275. The first-order valence-corrected chi connectivity index (χ1v) is 5.88. The Morgan fingerprint density at radius 2 is 1.94 bits per heavy atom. The van der Waals surface area contributed by atoms with Crippen molar-refractivity contribution in [2.45, 2.75) is 13.8 Å². The van der Waals surface area contributed by atoms with E-state index in [1.807, 2.05) is 6.92 Å². The molecule has 1 aromatic heterocycles. The van der Waals surface area contributed by atoms with Crippen LogP contribution in [0.4, 0.5) is 15.9 Å². The molecule has 0 unspecified atom stereocenters. The van der Waals surface area contributed by atoms with Crippen LogP contribution < -0.4 is 5.32 Å². The summed E-state index contributed by atoms with van der Waals surface area (Å²) in [6.45, 7) is 3.71. The van der Waals surface area contributed by atoms with Crippen molar-refractivity contribution in [1.82, 2.24) is 9.97 Å². The molecule has 0 saturated heterocycles. The summed E-state index contributed by atoms with van der Waals surface area (Å²) >= 11 is 3.29. The van der Waals surface area contributed by atoms with E-state index in [-0.39, 0.29) is 5.82 Å². The highest BCUT2D eigenvalue weighted by atomic mass is 79.9. The highest BCUT2D eigenvalue weighted by Crippen LogP contribution is 2.21. The molecular formula is C12H11BrFN3. The molecule has 0 amide bonds. The summed E-state index contributed by atoms with van der Waals surface area (Å²) in [6, 6.07) is 6.35. The molecular weight excluding hydrogens is 285 g/mol. The molecule has 1 N–H and O–H groups in total. The van der Waals surface area contributed by atoms with Gasteiger partial charge in [-0.25, -0.2) is 14.4 Å². The number of hydrogen-bond acceptors (Lipinski definition) is 3. The number of aryl methyl sites for hydroxylation is 2. The smallest absolute Gasteiger partial charge is 0.135 e. The van der Waals surface area contributed by atoms with Gasteiger partial charge < -0.3 is 5.32 Å². The fourth-order valence-electron chi connectivity index (χ4n) is 1.46. The van der Waals surface area contributed by atoms with Crippen molar-refractivity contribution in [3.63, 3.8) is 0 Å². The lowest BCUT2D eigenvalue weighted by Crippen LogP contribution is -1.99. The molecule has 0 aliphatic heterocycles. The van der Waals surface area contributed by atoms with E-state index < -0.39 is 0 Å². The summed E-state index contributed by atoms with van der Waals surface area (Å²) in [4.78, 5) is 8.33. The van der Waals surface area contributed by atoms with Crippen LogP contribution in [0.5, 0.6) is 0 Å². The molecule has 0 aliphatic carbocycles. The van der Waals surface area contributed by atoms with Crippen LogP contribution >= 0.6 is 15.9 Å². The minimum absolute atomic E-state index is 0.275. The van der Waals surface area contributed by atoms with Gasteiger partial charge in [0, 0.05) is 11.8 Å². The molecule has 2 rings (SSSR count). The zero-order valence-corrected chi connectivity index (χ0v) is 11.0. The third kappa shape index (κ3) is 3.00.